The number of aromatic nitrogens is 1. The molecule has 2 heterocycles. The van der Waals surface area contributed by atoms with Gasteiger partial charge in [0.15, 0.2) is 0 Å². The van der Waals surface area contributed by atoms with Crippen LogP contribution in [0.5, 0.6) is 5.75 Å². The fourth-order valence-corrected chi connectivity index (χ4v) is 4.71. The van der Waals surface area contributed by atoms with Gasteiger partial charge in [-0.25, -0.2) is 0 Å². The molecular formula is C24H33N3O2. The topological polar surface area (TPSA) is 46.6 Å². The van der Waals surface area contributed by atoms with Crippen molar-refractivity contribution < 1.29 is 9.47 Å². The first kappa shape index (κ1) is 20.3. The van der Waals surface area contributed by atoms with Gasteiger partial charge in [-0.05, 0) is 31.0 Å². The maximum Gasteiger partial charge on any atom is 0.130 e. The van der Waals surface area contributed by atoms with Gasteiger partial charge in [0.2, 0.25) is 0 Å². The van der Waals surface area contributed by atoms with Gasteiger partial charge in [0, 0.05) is 43.5 Å². The van der Waals surface area contributed by atoms with E-state index in [1.807, 2.05) is 24.3 Å². The highest BCUT2D eigenvalue weighted by molar-refractivity contribution is 5.33. The van der Waals surface area contributed by atoms with Crippen LogP contribution in [0, 0.1) is 0 Å². The monoisotopic (exact) mass is 395 g/mol. The molecule has 0 spiro atoms. The Kier molecular flexibility index (Phi) is 7.14. The lowest BCUT2D eigenvalue weighted by Crippen LogP contribution is -2.59. The Balaban J connectivity index is 1.36. The molecular weight excluding hydrogens is 362 g/mol. The van der Waals surface area contributed by atoms with Crippen molar-refractivity contribution in [2.75, 3.05) is 32.8 Å². The molecule has 5 nitrogen and oxygen atoms in total. The van der Waals surface area contributed by atoms with Gasteiger partial charge in [-0.1, -0.05) is 43.5 Å². The van der Waals surface area contributed by atoms with Crippen molar-refractivity contribution in [2.24, 2.45) is 0 Å². The molecule has 1 saturated heterocycles. The van der Waals surface area contributed by atoms with Crippen molar-refractivity contribution >= 4 is 0 Å². The van der Waals surface area contributed by atoms with Crippen LogP contribution in [0.3, 0.4) is 0 Å². The number of hydrogen-bond acceptors (Lipinski definition) is 5. The van der Waals surface area contributed by atoms with Crippen LogP contribution in [0.4, 0.5) is 0 Å². The summed E-state index contributed by atoms with van der Waals surface area (Å²) >= 11 is 0. The van der Waals surface area contributed by atoms with Crippen LogP contribution in [0.25, 0.3) is 0 Å². The van der Waals surface area contributed by atoms with E-state index in [9.17, 15) is 0 Å². The van der Waals surface area contributed by atoms with Gasteiger partial charge < -0.3 is 14.8 Å². The Bertz CT molecular complexity index is 741. The van der Waals surface area contributed by atoms with Crippen LogP contribution in [-0.2, 0) is 17.9 Å². The Morgan fingerprint density at radius 1 is 1.00 bits per heavy atom. The molecule has 0 bridgehead atoms. The van der Waals surface area contributed by atoms with Gasteiger partial charge in [-0.2, -0.15) is 0 Å². The van der Waals surface area contributed by atoms with E-state index in [0.29, 0.717) is 6.61 Å². The molecule has 0 unspecified atom stereocenters. The van der Waals surface area contributed by atoms with Crippen molar-refractivity contribution in [1.82, 2.24) is 15.2 Å². The SMILES string of the molecule is c1ccc(COc2ccccc2CNCC2(N3CCOCC3)CCCCC2)nc1. The number of ether oxygens (including phenoxy) is 2. The molecule has 2 aromatic rings. The number of morpholine rings is 1. The van der Waals surface area contributed by atoms with Gasteiger partial charge in [0.25, 0.3) is 0 Å². The Morgan fingerprint density at radius 3 is 2.59 bits per heavy atom. The van der Waals surface area contributed by atoms with E-state index >= 15 is 0 Å². The number of nitrogens with zero attached hydrogens (tertiary/aromatic N) is 2. The minimum Gasteiger partial charge on any atom is -0.487 e. The van der Waals surface area contributed by atoms with Crippen LogP contribution in [0.15, 0.2) is 48.7 Å². The molecule has 2 aliphatic rings. The summed E-state index contributed by atoms with van der Waals surface area (Å²) in [7, 11) is 0. The maximum absolute atomic E-state index is 6.08. The Morgan fingerprint density at radius 2 is 1.79 bits per heavy atom. The summed E-state index contributed by atoms with van der Waals surface area (Å²) in [6, 6.07) is 14.2. The summed E-state index contributed by atoms with van der Waals surface area (Å²) in [6.45, 7) is 6.20. The van der Waals surface area contributed by atoms with Gasteiger partial charge in [0.1, 0.15) is 12.4 Å². The average molecular weight is 396 g/mol. The molecule has 0 amide bonds. The molecule has 0 radical (unpaired) electrons. The number of para-hydroxylation sites is 1. The van der Waals surface area contributed by atoms with Crippen LogP contribution < -0.4 is 10.1 Å². The first-order valence-electron chi connectivity index (χ1n) is 11.0. The lowest BCUT2D eigenvalue weighted by molar-refractivity contribution is -0.0369. The third-order valence-corrected chi connectivity index (χ3v) is 6.31. The summed E-state index contributed by atoms with van der Waals surface area (Å²) in [4.78, 5) is 7.04. The number of benzene rings is 1. The van der Waals surface area contributed by atoms with Crippen molar-refractivity contribution in [1.29, 1.82) is 0 Å². The molecule has 1 aromatic heterocycles. The van der Waals surface area contributed by atoms with E-state index in [1.165, 1.54) is 37.7 Å². The van der Waals surface area contributed by atoms with Gasteiger partial charge >= 0.3 is 0 Å². The highest BCUT2D eigenvalue weighted by Crippen LogP contribution is 2.34. The van der Waals surface area contributed by atoms with Gasteiger partial charge in [-0.3, -0.25) is 9.88 Å². The zero-order valence-electron chi connectivity index (χ0n) is 17.3. The third kappa shape index (κ3) is 5.35. The second-order valence-electron chi connectivity index (χ2n) is 8.21. The van der Waals surface area contributed by atoms with Gasteiger partial charge in [-0.15, -0.1) is 0 Å². The van der Waals surface area contributed by atoms with Gasteiger partial charge in [0.05, 0.1) is 18.9 Å². The van der Waals surface area contributed by atoms with E-state index < -0.39 is 0 Å². The molecule has 2 fully saturated rings. The molecule has 5 heteroatoms. The number of pyridine rings is 1. The van der Waals surface area contributed by atoms with Crippen LogP contribution in [-0.4, -0.2) is 48.3 Å². The molecule has 1 aliphatic heterocycles. The van der Waals surface area contributed by atoms with Crippen molar-refractivity contribution in [3.8, 4) is 5.75 Å². The normalized spacial score (nSPS) is 19.7. The molecule has 4 rings (SSSR count). The summed E-state index contributed by atoms with van der Waals surface area (Å²) in [5.41, 5.74) is 2.44. The predicted octanol–water partition coefficient (Wildman–Crippen LogP) is 3.79. The second kappa shape index (κ2) is 10.2. The largest absolute Gasteiger partial charge is 0.487 e. The zero-order chi connectivity index (χ0) is 19.8. The summed E-state index contributed by atoms with van der Waals surface area (Å²) < 4.78 is 11.7. The van der Waals surface area contributed by atoms with E-state index in [0.717, 1.165) is 50.8 Å². The molecule has 0 atom stereocenters. The fourth-order valence-electron chi connectivity index (χ4n) is 4.71. The third-order valence-electron chi connectivity index (χ3n) is 6.31. The van der Waals surface area contributed by atoms with Crippen LogP contribution in [0.1, 0.15) is 43.4 Å². The van der Waals surface area contributed by atoms with Crippen LogP contribution >= 0.6 is 0 Å². The Hall–Kier alpha value is -1.95. The standard InChI is InChI=1S/C24H33N3O2/c1-5-11-24(12-6-1,27-14-16-28-17-15-27)20-25-18-21-8-2-3-10-23(21)29-19-22-9-4-7-13-26-22/h2-4,7-10,13,25H,1,5-6,11-12,14-20H2. The predicted molar refractivity (Wildman–Crippen MR) is 115 cm³/mol. The molecule has 1 N–H and O–H groups in total. The summed E-state index contributed by atoms with van der Waals surface area (Å²) in [5, 5.41) is 3.77. The first-order chi connectivity index (χ1) is 14.4. The molecule has 1 aromatic carbocycles. The zero-order valence-corrected chi connectivity index (χ0v) is 17.3. The first-order valence-corrected chi connectivity index (χ1v) is 11.0. The summed E-state index contributed by atoms with van der Waals surface area (Å²) in [5.74, 6) is 0.940. The number of hydrogen-bond donors (Lipinski definition) is 1. The lowest BCUT2D eigenvalue weighted by atomic mass is 9.79. The molecule has 156 valence electrons. The van der Waals surface area contributed by atoms with Crippen molar-refractivity contribution in [3.05, 3.63) is 59.9 Å². The highest BCUT2D eigenvalue weighted by Gasteiger charge is 2.38. The highest BCUT2D eigenvalue weighted by atomic mass is 16.5. The quantitative estimate of drug-likeness (QED) is 0.737. The molecule has 1 saturated carbocycles. The van der Waals surface area contributed by atoms with E-state index in [2.05, 4.69) is 33.4 Å². The number of rotatable bonds is 8. The fraction of sp³-hybridized carbons (Fsp3) is 0.542. The molecule has 29 heavy (non-hydrogen) atoms. The lowest BCUT2D eigenvalue weighted by Gasteiger charge is -2.48. The number of nitrogens with one attached hydrogen (secondary N) is 1. The Labute approximate surface area is 174 Å². The van der Waals surface area contributed by atoms with Crippen molar-refractivity contribution in [3.63, 3.8) is 0 Å². The van der Waals surface area contributed by atoms with Crippen LogP contribution in [0.2, 0.25) is 0 Å². The second-order valence-corrected chi connectivity index (χ2v) is 8.21. The van der Waals surface area contributed by atoms with Crippen molar-refractivity contribution in [2.45, 2.75) is 50.8 Å². The smallest absolute Gasteiger partial charge is 0.130 e. The summed E-state index contributed by atoms with van der Waals surface area (Å²) in [6.07, 6.45) is 8.43. The van der Waals surface area contributed by atoms with E-state index in [1.54, 1.807) is 6.20 Å². The van der Waals surface area contributed by atoms with E-state index in [4.69, 9.17) is 9.47 Å². The molecule has 1 aliphatic carbocycles. The van der Waals surface area contributed by atoms with E-state index in [-0.39, 0.29) is 5.54 Å². The minimum absolute atomic E-state index is 0.284. The minimum atomic E-state index is 0.284. The average Bonchev–Trinajstić information content (AvgIpc) is 2.80. The maximum atomic E-state index is 6.08.